The number of benzene rings is 1. The molecule has 0 spiro atoms. The zero-order valence-corrected chi connectivity index (χ0v) is 10.8. The molecule has 7 nitrogen and oxygen atoms in total. The number of nitrogens with two attached hydrogens (primary N) is 1. The SMILES string of the molecule is COC(=O)C(O)CNC(=O)c1c[nH]c2ccc(N)cc12. The molecule has 1 aromatic carbocycles. The average molecular weight is 277 g/mol. The third-order valence-corrected chi connectivity index (χ3v) is 2.88. The molecule has 2 rings (SSSR count). The van der Waals surface area contributed by atoms with Gasteiger partial charge in [-0.15, -0.1) is 0 Å². The number of hydrogen-bond donors (Lipinski definition) is 4. The van der Waals surface area contributed by atoms with Crippen LogP contribution in [0.3, 0.4) is 0 Å². The number of carbonyl (C=O) groups is 2. The van der Waals surface area contributed by atoms with E-state index in [0.717, 1.165) is 12.6 Å². The van der Waals surface area contributed by atoms with Crippen molar-refractivity contribution in [2.75, 3.05) is 19.4 Å². The van der Waals surface area contributed by atoms with E-state index in [9.17, 15) is 14.7 Å². The summed E-state index contributed by atoms with van der Waals surface area (Å²) in [5.41, 5.74) is 7.40. The molecule has 0 aliphatic heterocycles. The van der Waals surface area contributed by atoms with E-state index in [-0.39, 0.29) is 6.54 Å². The fourth-order valence-electron chi connectivity index (χ4n) is 1.83. The molecular formula is C13H15N3O4. The number of methoxy groups -OCH3 is 1. The Bertz CT molecular complexity index is 650. The van der Waals surface area contributed by atoms with E-state index in [0.29, 0.717) is 16.6 Å². The number of aromatic amines is 1. The summed E-state index contributed by atoms with van der Waals surface area (Å²) in [6, 6.07) is 5.17. The maximum atomic E-state index is 12.0. The quantitative estimate of drug-likeness (QED) is 0.464. The Kier molecular flexibility index (Phi) is 3.90. The van der Waals surface area contributed by atoms with Crippen LogP contribution in [0, 0.1) is 0 Å². The van der Waals surface area contributed by atoms with Gasteiger partial charge < -0.3 is 25.9 Å². The number of nitrogen functional groups attached to an aromatic ring is 1. The first-order chi connectivity index (χ1) is 9.52. The molecule has 0 bridgehead atoms. The van der Waals surface area contributed by atoms with Crippen LogP contribution in [0.1, 0.15) is 10.4 Å². The molecule has 1 heterocycles. The van der Waals surface area contributed by atoms with Gasteiger partial charge in [-0.25, -0.2) is 4.79 Å². The summed E-state index contributed by atoms with van der Waals surface area (Å²) in [6.45, 7) is -0.222. The van der Waals surface area contributed by atoms with Crippen LogP contribution in [0.4, 0.5) is 5.69 Å². The predicted octanol–water partition coefficient (Wildman–Crippen LogP) is 0.0138. The predicted molar refractivity (Wildman–Crippen MR) is 73.1 cm³/mol. The molecule has 106 valence electrons. The lowest BCUT2D eigenvalue weighted by Gasteiger charge is -2.09. The Morgan fingerprint density at radius 2 is 2.25 bits per heavy atom. The molecule has 0 fully saturated rings. The summed E-state index contributed by atoms with van der Waals surface area (Å²) < 4.78 is 4.36. The van der Waals surface area contributed by atoms with E-state index < -0.39 is 18.0 Å². The first-order valence-electron chi connectivity index (χ1n) is 5.93. The van der Waals surface area contributed by atoms with Gasteiger partial charge in [0.05, 0.1) is 19.2 Å². The number of ether oxygens (including phenoxy) is 1. The number of fused-ring (bicyclic) bond motifs is 1. The van der Waals surface area contributed by atoms with Gasteiger partial charge in [0.1, 0.15) is 0 Å². The van der Waals surface area contributed by atoms with Crippen LogP contribution in [0.5, 0.6) is 0 Å². The number of aliphatic hydroxyl groups excluding tert-OH is 1. The van der Waals surface area contributed by atoms with Crippen molar-refractivity contribution in [2.24, 2.45) is 0 Å². The Labute approximate surface area is 114 Å². The lowest BCUT2D eigenvalue weighted by atomic mass is 10.1. The minimum absolute atomic E-state index is 0.222. The molecule has 1 unspecified atom stereocenters. The van der Waals surface area contributed by atoms with E-state index in [1.807, 2.05) is 0 Å². The Morgan fingerprint density at radius 1 is 1.50 bits per heavy atom. The number of hydrogen-bond acceptors (Lipinski definition) is 5. The molecule has 5 N–H and O–H groups in total. The van der Waals surface area contributed by atoms with Crippen molar-refractivity contribution in [1.82, 2.24) is 10.3 Å². The lowest BCUT2D eigenvalue weighted by Crippen LogP contribution is -2.37. The van der Waals surface area contributed by atoms with Gasteiger partial charge in [0.15, 0.2) is 6.10 Å². The van der Waals surface area contributed by atoms with Gasteiger partial charge in [-0.3, -0.25) is 4.79 Å². The van der Waals surface area contributed by atoms with Crippen molar-refractivity contribution in [3.63, 3.8) is 0 Å². The number of esters is 1. The second-order valence-electron chi connectivity index (χ2n) is 4.26. The number of aliphatic hydroxyl groups is 1. The third-order valence-electron chi connectivity index (χ3n) is 2.88. The summed E-state index contributed by atoms with van der Waals surface area (Å²) in [7, 11) is 1.16. The van der Waals surface area contributed by atoms with Crippen molar-refractivity contribution < 1.29 is 19.4 Å². The maximum Gasteiger partial charge on any atom is 0.336 e. The van der Waals surface area contributed by atoms with Crippen molar-refractivity contribution in [3.8, 4) is 0 Å². The van der Waals surface area contributed by atoms with Crippen LogP contribution < -0.4 is 11.1 Å². The van der Waals surface area contributed by atoms with Crippen molar-refractivity contribution >= 4 is 28.5 Å². The molecule has 1 amide bonds. The van der Waals surface area contributed by atoms with Gasteiger partial charge in [-0.2, -0.15) is 0 Å². The van der Waals surface area contributed by atoms with Crippen molar-refractivity contribution in [1.29, 1.82) is 0 Å². The van der Waals surface area contributed by atoms with Crippen LogP contribution in [-0.4, -0.2) is 41.7 Å². The van der Waals surface area contributed by atoms with E-state index >= 15 is 0 Å². The Balaban J connectivity index is 2.12. The van der Waals surface area contributed by atoms with E-state index in [2.05, 4.69) is 15.0 Å². The topological polar surface area (TPSA) is 117 Å². The first-order valence-corrected chi connectivity index (χ1v) is 5.93. The number of amides is 1. The maximum absolute atomic E-state index is 12.0. The second-order valence-corrected chi connectivity index (χ2v) is 4.26. The summed E-state index contributed by atoms with van der Waals surface area (Å²) in [4.78, 5) is 26.0. The summed E-state index contributed by atoms with van der Waals surface area (Å²) in [6.07, 6.45) is 0.156. The van der Waals surface area contributed by atoms with Gasteiger partial charge in [-0.1, -0.05) is 0 Å². The number of carbonyl (C=O) groups excluding carboxylic acids is 2. The minimum atomic E-state index is -1.39. The number of anilines is 1. The van der Waals surface area contributed by atoms with Crippen LogP contribution in [0.25, 0.3) is 10.9 Å². The average Bonchev–Trinajstić information content (AvgIpc) is 2.86. The fraction of sp³-hybridized carbons (Fsp3) is 0.231. The van der Waals surface area contributed by atoms with Crippen LogP contribution >= 0.6 is 0 Å². The smallest absolute Gasteiger partial charge is 0.336 e. The molecule has 1 aromatic heterocycles. The molecule has 0 saturated heterocycles. The third kappa shape index (κ3) is 2.72. The highest BCUT2D eigenvalue weighted by molar-refractivity contribution is 6.07. The zero-order chi connectivity index (χ0) is 14.7. The van der Waals surface area contributed by atoms with Gasteiger partial charge in [0.25, 0.3) is 5.91 Å². The fourth-order valence-corrected chi connectivity index (χ4v) is 1.83. The molecule has 0 saturated carbocycles. The van der Waals surface area contributed by atoms with Crippen LogP contribution in [0.2, 0.25) is 0 Å². The van der Waals surface area contributed by atoms with Gasteiger partial charge in [0, 0.05) is 22.8 Å². The van der Waals surface area contributed by atoms with Crippen LogP contribution in [-0.2, 0) is 9.53 Å². The highest BCUT2D eigenvalue weighted by Crippen LogP contribution is 2.20. The van der Waals surface area contributed by atoms with Gasteiger partial charge in [0.2, 0.25) is 0 Å². The largest absolute Gasteiger partial charge is 0.467 e. The van der Waals surface area contributed by atoms with Crippen LogP contribution in [0.15, 0.2) is 24.4 Å². The molecule has 0 aliphatic rings. The van der Waals surface area contributed by atoms with Gasteiger partial charge in [-0.05, 0) is 18.2 Å². The summed E-state index contributed by atoms with van der Waals surface area (Å²) >= 11 is 0. The highest BCUT2D eigenvalue weighted by Gasteiger charge is 2.18. The number of rotatable bonds is 4. The summed E-state index contributed by atoms with van der Waals surface area (Å²) in [5, 5.41) is 12.5. The standard InChI is InChI=1S/C13H15N3O4/c1-20-13(19)11(17)6-16-12(18)9-5-15-10-3-2-7(14)4-8(9)10/h2-5,11,15,17H,6,14H2,1H3,(H,16,18). The number of nitrogens with one attached hydrogen (secondary N) is 2. The normalized spacial score (nSPS) is 12.1. The Morgan fingerprint density at radius 3 is 2.95 bits per heavy atom. The van der Waals surface area contributed by atoms with E-state index in [1.165, 1.54) is 0 Å². The van der Waals surface area contributed by atoms with Crippen molar-refractivity contribution in [2.45, 2.75) is 6.10 Å². The monoisotopic (exact) mass is 277 g/mol. The highest BCUT2D eigenvalue weighted by atomic mass is 16.5. The van der Waals surface area contributed by atoms with Gasteiger partial charge >= 0.3 is 5.97 Å². The number of aromatic nitrogens is 1. The van der Waals surface area contributed by atoms with E-state index in [1.54, 1.807) is 24.4 Å². The summed E-state index contributed by atoms with van der Waals surface area (Å²) in [5.74, 6) is -1.21. The molecular weight excluding hydrogens is 262 g/mol. The van der Waals surface area contributed by atoms with Crippen molar-refractivity contribution in [3.05, 3.63) is 30.0 Å². The van der Waals surface area contributed by atoms with E-state index in [4.69, 9.17) is 5.73 Å². The Hall–Kier alpha value is -2.54. The molecule has 2 aromatic rings. The minimum Gasteiger partial charge on any atom is -0.467 e. The molecule has 7 heteroatoms. The first kappa shape index (κ1) is 13.9. The molecule has 20 heavy (non-hydrogen) atoms. The molecule has 1 atom stereocenters. The lowest BCUT2D eigenvalue weighted by molar-refractivity contribution is -0.149. The zero-order valence-electron chi connectivity index (χ0n) is 10.8. The molecule has 0 aliphatic carbocycles. The number of H-pyrrole nitrogens is 1. The molecule has 0 radical (unpaired) electrons. The second kappa shape index (κ2) is 5.62.